The molecule has 0 radical (unpaired) electrons. The minimum atomic E-state index is -1.04. The molecule has 2 N–H and O–H groups in total. The number of aromatic amines is 1. The van der Waals surface area contributed by atoms with Gasteiger partial charge in [0, 0.05) is 16.4 Å². The number of carbonyl (C=O) groups is 1. The number of carboxylic acids is 1. The summed E-state index contributed by atoms with van der Waals surface area (Å²) in [6.45, 7) is 3.29. The van der Waals surface area contributed by atoms with Crippen molar-refractivity contribution in [1.29, 1.82) is 0 Å². The minimum Gasteiger partial charge on any atom is -0.480 e. The molecule has 6 nitrogen and oxygen atoms in total. The largest absolute Gasteiger partial charge is 0.480 e. The van der Waals surface area contributed by atoms with E-state index in [1.807, 2.05) is 25.1 Å². The maximum absolute atomic E-state index is 12.4. The number of benzene rings is 1. The highest BCUT2D eigenvalue weighted by Gasteiger charge is 2.12. The summed E-state index contributed by atoms with van der Waals surface area (Å²) in [6, 6.07) is 5.59. The maximum Gasteiger partial charge on any atom is 0.325 e. The highest BCUT2D eigenvalue weighted by molar-refractivity contribution is 9.10. The summed E-state index contributed by atoms with van der Waals surface area (Å²) in [5.74, 6) is -1.04. The van der Waals surface area contributed by atoms with Crippen molar-refractivity contribution in [2.24, 2.45) is 4.99 Å². The zero-order valence-corrected chi connectivity index (χ0v) is 13.1. The number of aliphatic imine (C=N–C) groups is 1. The molecule has 0 unspecified atom stereocenters. The van der Waals surface area contributed by atoms with Gasteiger partial charge in [0.05, 0.1) is 11.3 Å². The van der Waals surface area contributed by atoms with E-state index < -0.39 is 5.97 Å². The zero-order chi connectivity index (χ0) is 15.6. The van der Waals surface area contributed by atoms with Gasteiger partial charge in [0.15, 0.2) is 0 Å². The molecule has 1 heterocycles. The van der Waals surface area contributed by atoms with Crippen LogP contribution in [-0.2, 0) is 4.79 Å². The number of nitrogens with zero attached hydrogens (tertiary/aromatic N) is 2. The number of aromatic nitrogens is 2. The van der Waals surface area contributed by atoms with Crippen LogP contribution < -0.4 is 5.56 Å². The van der Waals surface area contributed by atoms with Crippen molar-refractivity contribution in [2.75, 3.05) is 6.54 Å². The Bertz CT molecular complexity index is 774. The number of aryl methyl sites for hydroxylation is 2. The van der Waals surface area contributed by atoms with E-state index in [4.69, 9.17) is 5.11 Å². The normalized spacial score (nSPS) is 11.2. The SMILES string of the molecule is Cc1cc(Br)ccc1-n1[nH]c(C)c(C=NCC(=O)O)c1=O. The second kappa shape index (κ2) is 6.09. The first-order chi connectivity index (χ1) is 9.90. The number of nitrogens with one attached hydrogen (secondary N) is 1. The molecule has 21 heavy (non-hydrogen) atoms. The molecule has 1 aromatic heterocycles. The summed E-state index contributed by atoms with van der Waals surface area (Å²) in [7, 11) is 0. The summed E-state index contributed by atoms with van der Waals surface area (Å²) in [6.07, 6.45) is 1.30. The Morgan fingerprint density at radius 1 is 1.48 bits per heavy atom. The van der Waals surface area contributed by atoms with Gasteiger partial charge in [-0.25, -0.2) is 4.68 Å². The van der Waals surface area contributed by atoms with Crippen LogP contribution in [0, 0.1) is 13.8 Å². The third kappa shape index (κ3) is 3.30. The Labute approximate surface area is 129 Å². The van der Waals surface area contributed by atoms with Crippen molar-refractivity contribution in [3.8, 4) is 5.69 Å². The van der Waals surface area contributed by atoms with E-state index in [2.05, 4.69) is 26.0 Å². The second-order valence-corrected chi connectivity index (χ2v) is 5.50. The lowest BCUT2D eigenvalue weighted by atomic mass is 10.2. The first-order valence-electron chi connectivity index (χ1n) is 6.20. The number of halogens is 1. The molecule has 0 aliphatic carbocycles. The molecule has 0 saturated heterocycles. The van der Waals surface area contributed by atoms with Crippen molar-refractivity contribution < 1.29 is 9.90 Å². The molecule has 0 bridgehead atoms. The summed E-state index contributed by atoms with van der Waals surface area (Å²) in [5, 5.41) is 11.5. The molecule has 7 heteroatoms. The molecule has 0 atom stereocenters. The summed E-state index contributed by atoms with van der Waals surface area (Å²) in [4.78, 5) is 26.6. The predicted molar refractivity (Wildman–Crippen MR) is 83.7 cm³/mol. The van der Waals surface area contributed by atoms with Crippen molar-refractivity contribution >= 4 is 28.1 Å². The molecule has 0 amide bonds. The van der Waals surface area contributed by atoms with E-state index >= 15 is 0 Å². The van der Waals surface area contributed by atoms with Crippen LogP contribution in [0.1, 0.15) is 16.8 Å². The average Bonchev–Trinajstić information content (AvgIpc) is 2.66. The van der Waals surface area contributed by atoms with E-state index in [0.29, 0.717) is 11.3 Å². The third-order valence-corrected chi connectivity index (χ3v) is 3.46. The van der Waals surface area contributed by atoms with Crippen LogP contribution >= 0.6 is 15.9 Å². The average molecular weight is 352 g/mol. The fourth-order valence-electron chi connectivity index (χ4n) is 1.97. The van der Waals surface area contributed by atoms with Crippen molar-refractivity contribution in [3.05, 3.63) is 49.8 Å². The molecule has 1 aromatic carbocycles. The van der Waals surface area contributed by atoms with Crippen LogP contribution in [0.2, 0.25) is 0 Å². The second-order valence-electron chi connectivity index (χ2n) is 4.59. The molecule has 0 saturated carbocycles. The molecule has 0 spiro atoms. The van der Waals surface area contributed by atoms with Gasteiger partial charge in [-0.1, -0.05) is 15.9 Å². The van der Waals surface area contributed by atoms with Gasteiger partial charge in [-0.15, -0.1) is 0 Å². The van der Waals surface area contributed by atoms with E-state index in [9.17, 15) is 9.59 Å². The van der Waals surface area contributed by atoms with Crippen LogP contribution in [0.4, 0.5) is 0 Å². The van der Waals surface area contributed by atoms with Gasteiger partial charge < -0.3 is 5.11 Å². The molecule has 0 aliphatic heterocycles. The lowest BCUT2D eigenvalue weighted by molar-refractivity contribution is -0.135. The molecule has 0 aliphatic rings. The lowest BCUT2D eigenvalue weighted by Crippen LogP contribution is -2.18. The minimum absolute atomic E-state index is 0.257. The highest BCUT2D eigenvalue weighted by Crippen LogP contribution is 2.18. The van der Waals surface area contributed by atoms with Crippen LogP contribution in [0.15, 0.2) is 32.5 Å². The first-order valence-corrected chi connectivity index (χ1v) is 6.99. The van der Waals surface area contributed by atoms with Crippen molar-refractivity contribution in [2.45, 2.75) is 13.8 Å². The van der Waals surface area contributed by atoms with E-state index in [-0.39, 0.29) is 12.1 Å². The smallest absolute Gasteiger partial charge is 0.325 e. The topological polar surface area (TPSA) is 87.4 Å². The molecular formula is C14H14BrN3O3. The van der Waals surface area contributed by atoms with Gasteiger partial charge in [-0.05, 0) is 37.6 Å². The number of H-pyrrole nitrogens is 1. The number of hydrogen-bond acceptors (Lipinski definition) is 3. The molecule has 0 fully saturated rings. The molecular weight excluding hydrogens is 338 g/mol. The van der Waals surface area contributed by atoms with Crippen LogP contribution in [-0.4, -0.2) is 33.6 Å². The quantitative estimate of drug-likeness (QED) is 0.826. The number of carboxylic acid groups (broad SMARTS) is 1. The van der Waals surface area contributed by atoms with E-state index in [1.165, 1.54) is 10.9 Å². The standard InChI is InChI=1S/C14H14BrN3O3/c1-8-5-10(15)3-4-12(8)18-14(21)11(9(2)17-18)6-16-7-13(19)20/h3-6,17H,7H2,1-2H3,(H,19,20). The number of aliphatic carboxylic acids is 1. The molecule has 2 rings (SSSR count). The Morgan fingerprint density at radius 3 is 2.81 bits per heavy atom. The summed E-state index contributed by atoms with van der Waals surface area (Å²) in [5.41, 5.74) is 2.41. The molecule has 2 aromatic rings. The molecule has 110 valence electrons. The lowest BCUT2D eigenvalue weighted by Gasteiger charge is -2.06. The first kappa shape index (κ1) is 15.2. The zero-order valence-electron chi connectivity index (χ0n) is 11.6. The van der Waals surface area contributed by atoms with Gasteiger partial charge >= 0.3 is 5.97 Å². The van der Waals surface area contributed by atoms with Gasteiger partial charge in [-0.3, -0.25) is 19.7 Å². The van der Waals surface area contributed by atoms with Gasteiger partial charge in [0.1, 0.15) is 6.54 Å². The van der Waals surface area contributed by atoms with E-state index in [1.54, 1.807) is 6.92 Å². The van der Waals surface area contributed by atoms with Crippen molar-refractivity contribution in [1.82, 2.24) is 9.78 Å². The van der Waals surface area contributed by atoms with Gasteiger partial charge in [0.2, 0.25) is 0 Å². The summed E-state index contributed by atoms with van der Waals surface area (Å²) < 4.78 is 2.36. The van der Waals surface area contributed by atoms with Crippen LogP contribution in [0.5, 0.6) is 0 Å². The Kier molecular flexibility index (Phi) is 4.42. The van der Waals surface area contributed by atoms with Crippen LogP contribution in [0.25, 0.3) is 5.69 Å². The monoisotopic (exact) mass is 351 g/mol. The maximum atomic E-state index is 12.4. The fraction of sp³-hybridized carbons (Fsp3) is 0.214. The van der Waals surface area contributed by atoms with E-state index in [0.717, 1.165) is 15.7 Å². The van der Waals surface area contributed by atoms with Crippen LogP contribution in [0.3, 0.4) is 0 Å². The van der Waals surface area contributed by atoms with Gasteiger partial charge in [-0.2, -0.15) is 0 Å². The van der Waals surface area contributed by atoms with Gasteiger partial charge in [0.25, 0.3) is 5.56 Å². The summed E-state index contributed by atoms with van der Waals surface area (Å²) >= 11 is 3.38. The number of rotatable bonds is 4. The fourth-order valence-corrected chi connectivity index (χ4v) is 2.44. The highest BCUT2D eigenvalue weighted by atomic mass is 79.9. The Balaban J connectivity index is 2.46. The van der Waals surface area contributed by atoms with Crippen molar-refractivity contribution in [3.63, 3.8) is 0 Å². The number of hydrogen-bond donors (Lipinski definition) is 2. The predicted octanol–water partition coefficient (Wildman–Crippen LogP) is 2.05. The third-order valence-electron chi connectivity index (χ3n) is 2.96. The Morgan fingerprint density at radius 2 is 2.19 bits per heavy atom. The Hall–Kier alpha value is -2.15.